The SMILES string of the molecule is Cc1ccc(CN2CCN(C(=O)c3ccc(C(=O)CC4CCN(Cc5ccc(C#N)cc5)CC4)nc3)CC2)cc1. The Morgan fingerprint density at radius 3 is 2.00 bits per heavy atom. The minimum atomic E-state index is -0.0175. The zero-order valence-electron chi connectivity index (χ0n) is 23.3. The molecule has 0 spiro atoms. The lowest BCUT2D eigenvalue weighted by molar-refractivity contribution is 0.0627. The van der Waals surface area contributed by atoms with Crippen molar-refractivity contribution in [3.63, 3.8) is 0 Å². The van der Waals surface area contributed by atoms with E-state index in [9.17, 15) is 9.59 Å². The molecule has 0 radical (unpaired) electrons. The lowest BCUT2D eigenvalue weighted by Crippen LogP contribution is -2.48. The number of ketones is 1. The normalized spacial score (nSPS) is 16.9. The number of likely N-dealkylation sites (tertiary alicyclic amines) is 1. The summed E-state index contributed by atoms with van der Waals surface area (Å²) >= 11 is 0. The summed E-state index contributed by atoms with van der Waals surface area (Å²) in [7, 11) is 0. The first-order valence-electron chi connectivity index (χ1n) is 14.2. The molecule has 7 heteroatoms. The molecule has 1 aromatic heterocycles. The van der Waals surface area contributed by atoms with Gasteiger partial charge in [0, 0.05) is 51.9 Å². The van der Waals surface area contributed by atoms with Gasteiger partial charge in [0.1, 0.15) is 5.69 Å². The van der Waals surface area contributed by atoms with Crippen molar-refractivity contribution in [2.45, 2.75) is 39.3 Å². The van der Waals surface area contributed by atoms with E-state index in [1.807, 2.05) is 29.2 Å². The third kappa shape index (κ3) is 7.20. The Bertz CT molecular complexity index is 1330. The van der Waals surface area contributed by atoms with E-state index in [0.29, 0.717) is 42.2 Å². The Morgan fingerprint density at radius 2 is 1.43 bits per heavy atom. The van der Waals surface area contributed by atoms with Crippen LogP contribution in [0.3, 0.4) is 0 Å². The van der Waals surface area contributed by atoms with Gasteiger partial charge in [-0.1, -0.05) is 42.0 Å². The topological polar surface area (TPSA) is 80.5 Å². The molecule has 0 bridgehead atoms. The van der Waals surface area contributed by atoms with Gasteiger partial charge in [0.2, 0.25) is 0 Å². The van der Waals surface area contributed by atoms with Gasteiger partial charge in [-0.3, -0.25) is 24.4 Å². The second-order valence-electron chi connectivity index (χ2n) is 11.1. The lowest BCUT2D eigenvalue weighted by atomic mass is 9.90. The average molecular weight is 536 g/mol. The van der Waals surface area contributed by atoms with Crippen molar-refractivity contribution in [1.82, 2.24) is 19.7 Å². The second-order valence-corrected chi connectivity index (χ2v) is 11.1. The minimum absolute atomic E-state index is 0.0175. The van der Waals surface area contributed by atoms with Crippen LogP contribution >= 0.6 is 0 Å². The van der Waals surface area contributed by atoms with E-state index in [1.54, 1.807) is 18.3 Å². The van der Waals surface area contributed by atoms with Crippen molar-refractivity contribution >= 4 is 11.7 Å². The molecule has 0 N–H and O–H groups in total. The summed E-state index contributed by atoms with van der Waals surface area (Å²) in [6.07, 6.45) is 4.02. The number of rotatable bonds is 8. The van der Waals surface area contributed by atoms with Crippen LogP contribution in [0, 0.1) is 24.2 Å². The van der Waals surface area contributed by atoms with E-state index in [2.05, 4.69) is 52.0 Å². The first kappa shape index (κ1) is 27.7. The largest absolute Gasteiger partial charge is 0.336 e. The van der Waals surface area contributed by atoms with Gasteiger partial charge >= 0.3 is 0 Å². The zero-order valence-corrected chi connectivity index (χ0v) is 23.3. The van der Waals surface area contributed by atoms with Crippen molar-refractivity contribution in [2.75, 3.05) is 39.3 Å². The number of hydrogen-bond donors (Lipinski definition) is 0. The number of piperidine rings is 1. The van der Waals surface area contributed by atoms with Crippen molar-refractivity contribution in [3.05, 3.63) is 100 Å². The molecule has 2 aliphatic rings. The molecule has 2 aliphatic heterocycles. The third-order valence-electron chi connectivity index (χ3n) is 8.15. The average Bonchev–Trinajstić information content (AvgIpc) is 3.00. The van der Waals surface area contributed by atoms with Crippen LogP contribution in [0.2, 0.25) is 0 Å². The number of nitrogens with zero attached hydrogens (tertiary/aromatic N) is 5. The number of piperazine rings is 1. The van der Waals surface area contributed by atoms with E-state index >= 15 is 0 Å². The van der Waals surface area contributed by atoms with Crippen LogP contribution in [-0.2, 0) is 13.1 Å². The molecular formula is C33H37N5O2. The summed E-state index contributed by atoms with van der Waals surface area (Å²) in [5.74, 6) is 0.384. The monoisotopic (exact) mass is 535 g/mol. The molecule has 7 nitrogen and oxygen atoms in total. The number of Topliss-reactive ketones (excluding diaryl/α,β-unsaturated/α-hetero) is 1. The van der Waals surface area contributed by atoms with Crippen LogP contribution in [0.5, 0.6) is 0 Å². The van der Waals surface area contributed by atoms with Gasteiger partial charge in [-0.15, -0.1) is 0 Å². The van der Waals surface area contributed by atoms with Crippen LogP contribution < -0.4 is 0 Å². The van der Waals surface area contributed by atoms with Crippen molar-refractivity contribution in [3.8, 4) is 6.07 Å². The standard InChI is InChI=1S/C33H37N5O2/c1-25-2-4-28(5-3-25)24-37-16-18-38(19-17-37)33(40)30-10-11-31(35-22-30)32(39)20-26-12-14-36(15-13-26)23-29-8-6-27(21-34)7-9-29/h2-11,22,26H,12-20,23-24H2,1H3. The molecular weight excluding hydrogens is 498 g/mol. The van der Waals surface area contributed by atoms with Crippen molar-refractivity contribution < 1.29 is 9.59 Å². The number of carbonyl (C=O) groups excluding carboxylic acids is 2. The number of hydrogen-bond acceptors (Lipinski definition) is 6. The maximum Gasteiger partial charge on any atom is 0.255 e. The molecule has 40 heavy (non-hydrogen) atoms. The summed E-state index contributed by atoms with van der Waals surface area (Å²) < 4.78 is 0. The molecule has 0 unspecified atom stereocenters. The Kier molecular flexibility index (Phi) is 9.00. The Labute approximate surface area is 237 Å². The summed E-state index contributed by atoms with van der Waals surface area (Å²) in [6, 6.07) is 22.0. The molecule has 1 amide bonds. The second kappa shape index (κ2) is 13.0. The van der Waals surface area contributed by atoms with E-state index in [4.69, 9.17) is 5.26 Å². The van der Waals surface area contributed by atoms with Gasteiger partial charge < -0.3 is 4.90 Å². The molecule has 3 aromatic rings. The fourth-order valence-corrected chi connectivity index (χ4v) is 5.59. The number of aromatic nitrogens is 1. The molecule has 2 fully saturated rings. The van der Waals surface area contributed by atoms with Gasteiger partial charge in [-0.25, -0.2) is 0 Å². The van der Waals surface area contributed by atoms with E-state index in [1.165, 1.54) is 16.7 Å². The highest BCUT2D eigenvalue weighted by molar-refractivity contribution is 5.97. The molecule has 2 aromatic carbocycles. The van der Waals surface area contributed by atoms with E-state index in [-0.39, 0.29) is 11.7 Å². The molecule has 0 saturated carbocycles. The van der Waals surface area contributed by atoms with Gasteiger partial charge in [0.15, 0.2) is 5.78 Å². The predicted molar refractivity (Wildman–Crippen MR) is 155 cm³/mol. The highest BCUT2D eigenvalue weighted by Gasteiger charge is 2.25. The van der Waals surface area contributed by atoms with Crippen molar-refractivity contribution in [1.29, 1.82) is 5.26 Å². The van der Waals surface area contributed by atoms with E-state index < -0.39 is 0 Å². The first-order valence-corrected chi connectivity index (χ1v) is 14.2. The quantitative estimate of drug-likeness (QED) is 0.389. The number of amides is 1. The van der Waals surface area contributed by atoms with Gasteiger partial charge in [0.05, 0.1) is 17.2 Å². The predicted octanol–water partition coefficient (Wildman–Crippen LogP) is 4.70. The van der Waals surface area contributed by atoms with Gasteiger partial charge in [-0.05, 0) is 74.2 Å². The summed E-state index contributed by atoms with van der Waals surface area (Å²) in [5, 5.41) is 8.97. The maximum atomic E-state index is 13.1. The highest BCUT2D eigenvalue weighted by atomic mass is 16.2. The Hall–Kier alpha value is -3.86. The molecule has 206 valence electrons. The van der Waals surface area contributed by atoms with Crippen molar-refractivity contribution in [2.24, 2.45) is 5.92 Å². The number of benzene rings is 2. The third-order valence-corrected chi connectivity index (χ3v) is 8.15. The van der Waals surface area contributed by atoms with Crippen LogP contribution in [0.4, 0.5) is 0 Å². The summed E-state index contributed by atoms with van der Waals surface area (Å²) in [4.78, 5) is 37.0. The molecule has 3 heterocycles. The van der Waals surface area contributed by atoms with Gasteiger partial charge in [-0.2, -0.15) is 5.26 Å². The number of nitriles is 1. The molecule has 5 rings (SSSR count). The van der Waals surface area contributed by atoms with Crippen LogP contribution in [0.1, 0.15) is 62.4 Å². The molecule has 0 atom stereocenters. The van der Waals surface area contributed by atoms with E-state index in [0.717, 1.165) is 52.1 Å². The van der Waals surface area contributed by atoms with Gasteiger partial charge in [0.25, 0.3) is 5.91 Å². The number of carbonyl (C=O) groups is 2. The Morgan fingerprint density at radius 1 is 0.825 bits per heavy atom. The fraction of sp³-hybridized carbons (Fsp3) is 0.394. The minimum Gasteiger partial charge on any atom is -0.336 e. The van der Waals surface area contributed by atoms with Crippen LogP contribution in [-0.4, -0.2) is 70.6 Å². The smallest absolute Gasteiger partial charge is 0.255 e. The summed E-state index contributed by atoms with van der Waals surface area (Å²) in [6.45, 7) is 8.84. The first-order chi connectivity index (χ1) is 19.5. The van der Waals surface area contributed by atoms with Crippen LogP contribution in [0.15, 0.2) is 66.9 Å². The lowest BCUT2D eigenvalue weighted by Gasteiger charge is -2.34. The Balaban J connectivity index is 1.05. The highest BCUT2D eigenvalue weighted by Crippen LogP contribution is 2.24. The zero-order chi connectivity index (χ0) is 27.9. The molecule has 0 aliphatic carbocycles. The summed E-state index contributed by atoms with van der Waals surface area (Å²) in [5.41, 5.74) is 5.43. The maximum absolute atomic E-state index is 13.1. The number of pyridine rings is 1. The van der Waals surface area contributed by atoms with Crippen LogP contribution in [0.25, 0.3) is 0 Å². The molecule has 2 saturated heterocycles. The fourth-order valence-electron chi connectivity index (χ4n) is 5.59. The number of aryl methyl sites for hydroxylation is 1.